The molecule has 0 aliphatic heterocycles. The minimum absolute atomic E-state index is 0.531. The Kier molecular flexibility index (Phi) is 2.96. The van der Waals surface area contributed by atoms with Crippen LogP contribution in [0.4, 0.5) is 0 Å². The Hall–Kier alpha value is -0.700. The van der Waals surface area contributed by atoms with Gasteiger partial charge in [-0.2, -0.15) is 0 Å². The number of ether oxygens (including phenoxy) is 1. The van der Waals surface area contributed by atoms with Gasteiger partial charge in [-0.15, -0.1) is 0 Å². The fraction of sp³-hybridized carbons (Fsp3) is 0.818. The Labute approximate surface area is 85.3 Å². The normalized spacial score (nSPS) is 30.7. The SMILES string of the molecule is CN=C1CC2CC(=NCOC)CC2C1. The molecule has 3 heteroatoms. The monoisotopic (exact) mass is 194 g/mol. The molecule has 0 aromatic heterocycles. The van der Waals surface area contributed by atoms with E-state index in [9.17, 15) is 0 Å². The van der Waals surface area contributed by atoms with Crippen molar-refractivity contribution in [2.45, 2.75) is 25.7 Å². The summed E-state index contributed by atoms with van der Waals surface area (Å²) in [6.45, 7) is 0.531. The highest BCUT2D eigenvalue weighted by atomic mass is 16.5. The first-order chi connectivity index (χ1) is 6.83. The van der Waals surface area contributed by atoms with E-state index in [0.29, 0.717) is 6.73 Å². The Morgan fingerprint density at radius 3 is 2.21 bits per heavy atom. The molecule has 0 N–H and O–H groups in total. The van der Waals surface area contributed by atoms with Gasteiger partial charge in [0.05, 0.1) is 0 Å². The second-order valence-corrected chi connectivity index (χ2v) is 4.27. The minimum Gasteiger partial charge on any atom is -0.363 e. The van der Waals surface area contributed by atoms with Crippen molar-refractivity contribution in [1.29, 1.82) is 0 Å². The Morgan fingerprint density at radius 1 is 1.14 bits per heavy atom. The third-order valence-corrected chi connectivity index (χ3v) is 3.39. The average molecular weight is 194 g/mol. The maximum atomic E-state index is 4.96. The van der Waals surface area contributed by atoms with Gasteiger partial charge in [0, 0.05) is 25.6 Å². The molecule has 0 heterocycles. The van der Waals surface area contributed by atoms with E-state index >= 15 is 0 Å². The Bertz CT molecular complexity index is 252. The van der Waals surface area contributed by atoms with Crippen molar-refractivity contribution in [2.75, 3.05) is 20.9 Å². The van der Waals surface area contributed by atoms with Crippen LogP contribution in [0.5, 0.6) is 0 Å². The molecule has 0 saturated heterocycles. The van der Waals surface area contributed by atoms with Gasteiger partial charge in [0.1, 0.15) is 6.73 Å². The van der Waals surface area contributed by atoms with Crippen molar-refractivity contribution in [2.24, 2.45) is 21.8 Å². The maximum absolute atomic E-state index is 4.96. The molecule has 78 valence electrons. The largest absolute Gasteiger partial charge is 0.363 e. The fourth-order valence-electron chi connectivity index (χ4n) is 2.66. The van der Waals surface area contributed by atoms with Gasteiger partial charge in [0.25, 0.3) is 0 Å². The molecule has 0 aromatic rings. The second-order valence-electron chi connectivity index (χ2n) is 4.27. The highest BCUT2D eigenvalue weighted by Crippen LogP contribution is 2.41. The molecule has 0 amide bonds. The van der Waals surface area contributed by atoms with Crippen molar-refractivity contribution < 1.29 is 4.74 Å². The third-order valence-electron chi connectivity index (χ3n) is 3.39. The van der Waals surface area contributed by atoms with Crippen LogP contribution in [0, 0.1) is 11.8 Å². The van der Waals surface area contributed by atoms with Crippen LogP contribution in [0.1, 0.15) is 25.7 Å². The van der Waals surface area contributed by atoms with Crippen LogP contribution in [0.3, 0.4) is 0 Å². The summed E-state index contributed by atoms with van der Waals surface area (Å²) in [4.78, 5) is 8.74. The lowest BCUT2D eigenvalue weighted by atomic mass is 10.0. The van der Waals surface area contributed by atoms with Gasteiger partial charge >= 0.3 is 0 Å². The van der Waals surface area contributed by atoms with E-state index in [1.54, 1.807) is 7.11 Å². The van der Waals surface area contributed by atoms with Gasteiger partial charge < -0.3 is 4.74 Å². The lowest BCUT2D eigenvalue weighted by Gasteiger charge is -2.02. The quantitative estimate of drug-likeness (QED) is 0.661. The molecule has 2 unspecified atom stereocenters. The molecule has 2 saturated carbocycles. The van der Waals surface area contributed by atoms with Crippen LogP contribution < -0.4 is 0 Å². The van der Waals surface area contributed by atoms with E-state index in [4.69, 9.17) is 4.74 Å². The summed E-state index contributed by atoms with van der Waals surface area (Å²) in [5, 5.41) is 0. The summed E-state index contributed by atoms with van der Waals surface area (Å²) < 4.78 is 4.96. The van der Waals surface area contributed by atoms with Crippen molar-refractivity contribution in [3.05, 3.63) is 0 Å². The molecular weight excluding hydrogens is 176 g/mol. The number of fused-ring (bicyclic) bond motifs is 1. The zero-order valence-corrected chi connectivity index (χ0v) is 8.99. The van der Waals surface area contributed by atoms with Crippen LogP contribution >= 0.6 is 0 Å². The van der Waals surface area contributed by atoms with Crippen molar-refractivity contribution in [3.8, 4) is 0 Å². The number of nitrogens with zero attached hydrogens (tertiary/aromatic N) is 2. The molecule has 2 fully saturated rings. The summed E-state index contributed by atoms with van der Waals surface area (Å²) in [5.74, 6) is 1.65. The molecule has 0 bridgehead atoms. The summed E-state index contributed by atoms with van der Waals surface area (Å²) in [6, 6.07) is 0. The first-order valence-electron chi connectivity index (χ1n) is 5.29. The van der Waals surface area contributed by atoms with Gasteiger partial charge in [-0.25, -0.2) is 0 Å². The highest BCUT2D eigenvalue weighted by Gasteiger charge is 2.37. The van der Waals surface area contributed by atoms with E-state index in [0.717, 1.165) is 11.8 Å². The number of aliphatic imine (C=N–C) groups is 2. The molecule has 2 aliphatic carbocycles. The molecule has 2 atom stereocenters. The molecule has 0 spiro atoms. The molecule has 2 rings (SSSR count). The highest BCUT2D eigenvalue weighted by molar-refractivity contribution is 5.93. The number of methoxy groups -OCH3 is 1. The summed E-state index contributed by atoms with van der Waals surface area (Å²) in [6.07, 6.45) is 4.75. The van der Waals surface area contributed by atoms with Gasteiger partial charge in [-0.3, -0.25) is 9.98 Å². The Morgan fingerprint density at radius 2 is 1.71 bits per heavy atom. The molecular formula is C11H18N2O. The second kappa shape index (κ2) is 4.22. The van der Waals surface area contributed by atoms with Crippen LogP contribution in [0.2, 0.25) is 0 Å². The number of hydrogen-bond acceptors (Lipinski definition) is 3. The van der Waals surface area contributed by atoms with Crippen LogP contribution in [-0.2, 0) is 4.74 Å². The summed E-state index contributed by atoms with van der Waals surface area (Å²) >= 11 is 0. The number of hydrogen-bond donors (Lipinski definition) is 0. The van der Waals surface area contributed by atoms with E-state index in [1.807, 2.05) is 7.05 Å². The smallest absolute Gasteiger partial charge is 0.136 e. The maximum Gasteiger partial charge on any atom is 0.136 e. The van der Waals surface area contributed by atoms with E-state index in [1.165, 1.54) is 37.1 Å². The summed E-state index contributed by atoms with van der Waals surface area (Å²) in [5.41, 5.74) is 2.77. The predicted molar refractivity (Wildman–Crippen MR) is 58.1 cm³/mol. The zero-order valence-electron chi connectivity index (χ0n) is 8.99. The van der Waals surface area contributed by atoms with Gasteiger partial charge in [-0.05, 0) is 37.5 Å². The molecule has 3 nitrogen and oxygen atoms in total. The first-order valence-corrected chi connectivity index (χ1v) is 5.29. The van der Waals surface area contributed by atoms with Crippen molar-refractivity contribution in [1.82, 2.24) is 0 Å². The topological polar surface area (TPSA) is 34.0 Å². The standard InChI is InChI=1S/C11H18N2O/c1-12-10-3-8-5-11(13-7-14-2)6-9(8)4-10/h8-9H,3-7H2,1-2H3. The van der Waals surface area contributed by atoms with Gasteiger partial charge in [0.15, 0.2) is 0 Å². The van der Waals surface area contributed by atoms with Crippen LogP contribution in [-0.4, -0.2) is 32.3 Å². The fourth-order valence-corrected chi connectivity index (χ4v) is 2.66. The lowest BCUT2D eigenvalue weighted by Crippen LogP contribution is -2.00. The van der Waals surface area contributed by atoms with Crippen molar-refractivity contribution >= 4 is 11.4 Å². The molecule has 14 heavy (non-hydrogen) atoms. The minimum atomic E-state index is 0.531. The van der Waals surface area contributed by atoms with Gasteiger partial charge in [-0.1, -0.05) is 0 Å². The van der Waals surface area contributed by atoms with Crippen molar-refractivity contribution in [3.63, 3.8) is 0 Å². The zero-order chi connectivity index (χ0) is 9.97. The third kappa shape index (κ3) is 1.87. The lowest BCUT2D eigenvalue weighted by molar-refractivity contribution is 0.208. The van der Waals surface area contributed by atoms with E-state index < -0.39 is 0 Å². The Balaban J connectivity index is 1.93. The molecule has 2 aliphatic rings. The van der Waals surface area contributed by atoms with Crippen LogP contribution in [0.15, 0.2) is 9.98 Å². The summed E-state index contributed by atoms with van der Waals surface area (Å²) in [7, 11) is 3.61. The van der Waals surface area contributed by atoms with Crippen LogP contribution in [0.25, 0.3) is 0 Å². The molecule has 0 aromatic carbocycles. The number of rotatable bonds is 2. The predicted octanol–water partition coefficient (Wildman–Crippen LogP) is 1.92. The average Bonchev–Trinajstić information content (AvgIpc) is 2.71. The van der Waals surface area contributed by atoms with E-state index in [2.05, 4.69) is 9.98 Å². The van der Waals surface area contributed by atoms with E-state index in [-0.39, 0.29) is 0 Å². The first kappa shape index (κ1) is 9.84. The molecule has 0 radical (unpaired) electrons. The van der Waals surface area contributed by atoms with Gasteiger partial charge in [0.2, 0.25) is 0 Å².